The van der Waals surface area contributed by atoms with Crippen LogP contribution in [0.4, 0.5) is 5.69 Å². The molecule has 0 amide bonds. The second kappa shape index (κ2) is 5.08. The Kier molecular flexibility index (Phi) is 3.85. The van der Waals surface area contributed by atoms with E-state index >= 15 is 0 Å². The molecule has 4 heteroatoms. The van der Waals surface area contributed by atoms with Crippen LogP contribution in [0.2, 0.25) is 5.02 Å². The summed E-state index contributed by atoms with van der Waals surface area (Å²) in [4.78, 5) is 2.21. The highest BCUT2D eigenvalue weighted by Gasteiger charge is 2.28. The number of anilines is 1. The minimum atomic E-state index is -0.356. The highest BCUT2D eigenvalue weighted by molar-refractivity contribution is 6.31. The number of benzene rings is 1. The number of hydrogen-bond donors (Lipinski definition) is 2. The molecule has 2 N–H and O–H groups in total. The van der Waals surface area contributed by atoms with Gasteiger partial charge in [0.05, 0.1) is 6.10 Å². The third kappa shape index (κ3) is 2.97. The summed E-state index contributed by atoms with van der Waals surface area (Å²) in [7, 11) is 0. The summed E-state index contributed by atoms with van der Waals surface area (Å²) in [6, 6.07) is 5.93. The minimum absolute atomic E-state index is 0.0216. The standard InChI is InChI=1S/C14H21ClN2O/c1-10-12(15)5-4-6-13(10)17-8-11(18)7-16-14(2,3)9-17/h4-6,11,16,18H,7-9H2,1-3H3. The first-order valence-corrected chi connectivity index (χ1v) is 6.70. The Balaban J connectivity index is 2.32. The van der Waals surface area contributed by atoms with E-state index < -0.39 is 0 Å². The van der Waals surface area contributed by atoms with Crippen molar-refractivity contribution in [2.24, 2.45) is 0 Å². The molecule has 0 bridgehead atoms. The third-order valence-electron chi connectivity index (χ3n) is 3.41. The molecule has 0 spiro atoms. The van der Waals surface area contributed by atoms with E-state index in [-0.39, 0.29) is 11.6 Å². The molecule has 0 radical (unpaired) electrons. The van der Waals surface area contributed by atoms with Gasteiger partial charge in [-0.2, -0.15) is 0 Å². The smallest absolute Gasteiger partial charge is 0.0839 e. The van der Waals surface area contributed by atoms with Crippen molar-refractivity contribution in [1.29, 1.82) is 0 Å². The van der Waals surface area contributed by atoms with E-state index in [4.69, 9.17) is 11.6 Å². The fourth-order valence-corrected chi connectivity index (χ4v) is 2.60. The van der Waals surface area contributed by atoms with Gasteiger partial charge >= 0.3 is 0 Å². The van der Waals surface area contributed by atoms with Crippen LogP contribution < -0.4 is 10.2 Å². The van der Waals surface area contributed by atoms with E-state index in [9.17, 15) is 5.11 Å². The van der Waals surface area contributed by atoms with Gasteiger partial charge in [-0.25, -0.2) is 0 Å². The van der Waals surface area contributed by atoms with Crippen molar-refractivity contribution in [3.63, 3.8) is 0 Å². The lowest BCUT2D eigenvalue weighted by Gasteiger charge is -2.32. The summed E-state index contributed by atoms with van der Waals surface area (Å²) in [6.45, 7) is 8.44. The zero-order valence-corrected chi connectivity index (χ0v) is 12.0. The lowest BCUT2D eigenvalue weighted by atomic mass is 10.0. The van der Waals surface area contributed by atoms with Crippen LogP contribution >= 0.6 is 11.6 Å². The van der Waals surface area contributed by atoms with E-state index in [1.54, 1.807) is 0 Å². The van der Waals surface area contributed by atoms with E-state index in [2.05, 4.69) is 30.1 Å². The molecule has 1 aliphatic rings. The molecular weight excluding hydrogens is 248 g/mol. The first-order chi connectivity index (χ1) is 8.39. The van der Waals surface area contributed by atoms with E-state index in [1.165, 1.54) is 0 Å². The Bertz CT molecular complexity index is 434. The number of hydrogen-bond acceptors (Lipinski definition) is 3. The first kappa shape index (κ1) is 13.7. The number of aliphatic hydroxyl groups is 1. The SMILES string of the molecule is Cc1c(Cl)cccc1N1CC(O)CNC(C)(C)C1. The van der Waals surface area contributed by atoms with Crippen molar-refractivity contribution in [2.45, 2.75) is 32.4 Å². The van der Waals surface area contributed by atoms with Gasteiger partial charge in [-0.1, -0.05) is 17.7 Å². The predicted molar refractivity (Wildman–Crippen MR) is 76.5 cm³/mol. The van der Waals surface area contributed by atoms with Crippen molar-refractivity contribution in [1.82, 2.24) is 5.32 Å². The Morgan fingerprint density at radius 2 is 2.17 bits per heavy atom. The molecule has 0 saturated carbocycles. The summed E-state index contributed by atoms with van der Waals surface area (Å²) in [6.07, 6.45) is -0.356. The second-order valence-electron chi connectivity index (χ2n) is 5.68. The Labute approximate surface area is 114 Å². The maximum absolute atomic E-state index is 9.98. The van der Waals surface area contributed by atoms with Crippen LogP contribution in [0.25, 0.3) is 0 Å². The van der Waals surface area contributed by atoms with Crippen LogP contribution in [0.5, 0.6) is 0 Å². The number of aliphatic hydroxyl groups excluding tert-OH is 1. The highest BCUT2D eigenvalue weighted by atomic mass is 35.5. The molecule has 1 unspecified atom stereocenters. The fourth-order valence-electron chi connectivity index (χ4n) is 2.43. The molecule has 1 atom stereocenters. The number of nitrogens with one attached hydrogen (secondary N) is 1. The molecule has 1 saturated heterocycles. The summed E-state index contributed by atoms with van der Waals surface area (Å²) >= 11 is 6.18. The van der Waals surface area contributed by atoms with Gasteiger partial charge in [-0.05, 0) is 38.5 Å². The topological polar surface area (TPSA) is 35.5 Å². The van der Waals surface area contributed by atoms with E-state index in [0.29, 0.717) is 13.1 Å². The molecule has 0 aliphatic carbocycles. The van der Waals surface area contributed by atoms with Crippen LogP contribution in [0, 0.1) is 6.92 Å². The molecule has 2 rings (SSSR count). The molecule has 1 fully saturated rings. The average molecular weight is 269 g/mol. The summed E-state index contributed by atoms with van der Waals surface area (Å²) in [5.74, 6) is 0. The number of nitrogens with zero attached hydrogens (tertiary/aromatic N) is 1. The minimum Gasteiger partial charge on any atom is -0.390 e. The van der Waals surface area contributed by atoms with Crippen molar-refractivity contribution in [3.8, 4) is 0 Å². The van der Waals surface area contributed by atoms with Crippen molar-refractivity contribution in [2.75, 3.05) is 24.5 Å². The lowest BCUT2D eigenvalue weighted by Crippen LogP contribution is -2.46. The quantitative estimate of drug-likeness (QED) is 0.820. The molecular formula is C14H21ClN2O. The van der Waals surface area contributed by atoms with Gasteiger partial charge in [0.15, 0.2) is 0 Å². The molecule has 1 aromatic rings. The maximum atomic E-state index is 9.98. The Morgan fingerprint density at radius 3 is 2.89 bits per heavy atom. The van der Waals surface area contributed by atoms with Gasteiger partial charge in [0.25, 0.3) is 0 Å². The zero-order chi connectivity index (χ0) is 13.3. The van der Waals surface area contributed by atoms with Gasteiger partial charge in [-0.3, -0.25) is 0 Å². The van der Waals surface area contributed by atoms with Crippen LogP contribution in [-0.4, -0.2) is 36.4 Å². The third-order valence-corrected chi connectivity index (χ3v) is 3.82. The van der Waals surface area contributed by atoms with Gasteiger partial charge in [-0.15, -0.1) is 0 Å². The largest absolute Gasteiger partial charge is 0.390 e. The number of halogens is 1. The molecule has 100 valence electrons. The molecule has 1 aromatic carbocycles. The Hall–Kier alpha value is -0.770. The summed E-state index contributed by atoms with van der Waals surface area (Å²) < 4.78 is 0. The average Bonchev–Trinajstić information content (AvgIpc) is 2.42. The van der Waals surface area contributed by atoms with Crippen LogP contribution in [-0.2, 0) is 0 Å². The Morgan fingerprint density at radius 1 is 1.44 bits per heavy atom. The normalized spacial score (nSPS) is 23.8. The second-order valence-corrected chi connectivity index (χ2v) is 6.09. The highest BCUT2D eigenvalue weighted by Crippen LogP contribution is 2.28. The molecule has 18 heavy (non-hydrogen) atoms. The zero-order valence-electron chi connectivity index (χ0n) is 11.2. The van der Waals surface area contributed by atoms with Crippen molar-refractivity contribution >= 4 is 17.3 Å². The van der Waals surface area contributed by atoms with Crippen molar-refractivity contribution < 1.29 is 5.11 Å². The molecule has 3 nitrogen and oxygen atoms in total. The fraction of sp³-hybridized carbons (Fsp3) is 0.571. The summed E-state index contributed by atoms with van der Waals surface area (Å²) in [5.41, 5.74) is 2.16. The molecule has 0 aromatic heterocycles. The van der Waals surface area contributed by atoms with Gasteiger partial charge < -0.3 is 15.3 Å². The molecule has 1 heterocycles. The predicted octanol–water partition coefficient (Wildman–Crippen LogP) is 2.20. The first-order valence-electron chi connectivity index (χ1n) is 6.32. The number of β-amino-alcohol motifs (C(OH)–C–C–N with tert-alkyl or cyclic N) is 1. The van der Waals surface area contributed by atoms with Gasteiger partial charge in [0, 0.05) is 35.9 Å². The molecule has 1 aliphatic heterocycles. The van der Waals surface area contributed by atoms with E-state index in [1.807, 2.05) is 19.1 Å². The van der Waals surface area contributed by atoms with Crippen LogP contribution in [0.15, 0.2) is 18.2 Å². The summed E-state index contributed by atoms with van der Waals surface area (Å²) in [5, 5.41) is 14.1. The lowest BCUT2D eigenvalue weighted by molar-refractivity contribution is 0.179. The van der Waals surface area contributed by atoms with Gasteiger partial charge in [0.1, 0.15) is 0 Å². The van der Waals surface area contributed by atoms with Crippen molar-refractivity contribution in [3.05, 3.63) is 28.8 Å². The van der Waals surface area contributed by atoms with Gasteiger partial charge in [0.2, 0.25) is 0 Å². The van der Waals surface area contributed by atoms with Crippen LogP contribution in [0.3, 0.4) is 0 Å². The van der Waals surface area contributed by atoms with E-state index in [0.717, 1.165) is 22.8 Å². The van der Waals surface area contributed by atoms with Crippen LogP contribution in [0.1, 0.15) is 19.4 Å². The monoisotopic (exact) mass is 268 g/mol. The maximum Gasteiger partial charge on any atom is 0.0839 e. The number of rotatable bonds is 1.